The lowest BCUT2D eigenvalue weighted by Crippen LogP contribution is -2.43. The van der Waals surface area contributed by atoms with Crippen molar-refractivity contribution >= 4 is 0 Å². The molecule has 1 saturated heterocycles. The van der Waals surface area contributed by atoms with E-state index in [1.165, 1.54) is 5.69 Å². The Morgan fingerprint density at radius 2 is 2.33 bits per heavy atom. The van der Waals surface area contributed by atoms with Crippen LogP contribution in [-0.4, -0.2) is 22.6 Å². The lowest BCUT2D eigenvalue weighted by atomic mass is 10.1. The maximum Gasteiger partial charge on any atom is 0.0951 e. The van der Waals surface area contributed by atoms with Gasteiger partial charge in [0, 0.05) is 25.0 Å². The quantitative estimate of drug-likeness (QED) is 0.712. The Bertz CT molecular complexity index is 260. The number of nitrogens with zero attached hydrogens (tertiary/aromatic N) is 2. The van der Waals surface area contributed by atoms with Gasteiger partial charge in [-0.05, 0) is 5.92 Å². The average Bonchev–Trinajstić information content (AvgIpc) is 2.31. The minimum atomic E-state index is 0.577. The van der Waals surface area contributed by atoms with Crippen LogP contribution < -0.4 is 5.32 Å². The molecule has 1 fully saturated rings. The number of nitrogens with one attached hydrogen (secondary N) is 1. The summed E-state index contributed by atoms with van der Waals surface area (Å²) in [5, 5.41) is 3.27. The Hall–Kier alpha value is -0.830. The normalized spacial score (nSPS) is 18.2. The third kappa shape index (κ3) is 1.14. The molecule has 1 aromatic rings. The third-order valence-corrected chi connectivity index (χ3v) is 2.44. The van der Waals surface area contributed by atoms with Crippen molar-refractivity contribution in [3.05, 3.63) is 18.2 Å². The van der Waals surface area contributed by atoms with Crippen LogP contribution in [0.1, 0.15) is 31.5 Å². The van der Waals surface area contributed by atoms with Crippen LogP contribution in [0.2, 0.25) is 0 Å². The van der Waals surface area contributed by atoms with Gasteiger partial charge >= 0.3 is 0 Å². The zero-order valence-electron chi connectivity index (χ0n) is 7.62. The van der Waals surface area contributed by atoms with E-state index in [9.17, 15) is 0 Å². The van der Waals surface area contributed by atoms with E-state index in [2.05, 4.69) is 28.7 Å². The van der Waals surface area contributed by atoms with Crippen molar-refractivity contribution in [3.8, 4) is 0 Å². The molecule has 12 heavy (non-hydrogen) atoms. The highest BCUT2D eigenvalue weighted by Crippen LogP contribution is 2.20. The molecule has 0 bridgehead atoms. The Morgan fingerprint density at radius 1 is 1.58 bits per heavy atom. The number of imidazole rings is 1. The van der Waals surface area contributed by atoms with Gasteiger partial charge < -0.3 is 9.88 Å². The van der Waals surface area contributed by atoms with Gasteiger partial charge in [0.2, 0.25) is 0 Å². The van der Waals surface area contributed by atoms with Crippen LogP contribution in [0.3, 0.4) is 0 Å². The first-order valence-corrected chi connectivity index (χ1v) is 4.51. The Balaban J connectivity index is 2.23. The molecule has 1 aromatic heterocycles. The first-order valence-electron chi connectivity index (χ1n) is 4.51. The smallest absolute Gasteiger partial charge is 0.0951 e. The van der Waals surface area contributed by atoms with Crippen molar-refractivity contribution in [1.29, 1.82) is 0 Å². The minimum Gasteiger partial charge on any atom is -0.329 e. The largest absolute Gasteiger partial charge is 0.329 e. The van der Waals surface area contributed by atoms with E-state index in [0.717, 1.165) is 13.1 Å². The van der Waals surface area contributed by atoms with E-state index < -0.39 is 0 Å². The molecule has 3 heteroatoms. The highest BCUT2D eigenvalue weighted by molar-refractivity contribution is 5.07. The van der Waals surface area contributed by atoms with Crippen LogP contribution in [0.25, 0.3) is 0 Å². The molecule has 2 heterocycles. The lowest BCUT2D eigenvalue weighted by Gasteiger charge is -2.30. The van der Waals surface area contributed by atoms with Gasteiger partial charge in [-0.1, -0.05) is 13.8 Å². The van der Waals surface area contributed by atoms with Gasteiger partial charge in [-0.3, -0.25) is 0 Å². The minimum absolute atomic E-state index is 0.577. The van der Waals surface area contributed by atoms with Gasteiger partial charge in [-0.2, -0.15) is 0 Å². The first kappa shape index (κ1) is 7.80. The molecule has 0 radical (unpaired) electrons. The summed E-state index contributed by atoms with van der Waals surface area (Å²) >= 11 is 0. The Morgan fingerprint density at radius 3 is 2.83 bits per heavy atom. The molecule has 0 amide bonds. The molecule has 0 saturated carbocycles. The lowest BCUT2D eigenvalue weighted by molar-refractivity contribution is 0.334. The van der Waals surface area contributed by atoms with Crippen LogP contribution in [-0.2, 0) is 0 Å². The average molecular weight is 165 g/mol. The fourth-order valence-corrected chi connectivity index (χ4v) is 1.54. The van der Waals surface area contributed by atoms with Crippen LogP contribution in [0.4, 0.5) is 0 Å². The van der Waals surface area contributed by atoms with E-state index in [-0.39, 0.29) is 0 Å². The molecular formula is C9H15N3. The van der Waals surface area contributed by atoms with E-state index in [0.29, 0.717) is 12.0 Å². The number of aromatic nitrogens is 2. The molecule has 0 aromatic carbocycles. The summed E-state index contributed by atoms with van der Waals surface area (Å²) in [6.07, 6.45) is 3.92. The van der Waals surface area contributed by atoms with Crippen molar-refractivity contribution in [1.82, 2.24) is 14.9 Å². The van der Waals surface area contributed by atoms with E-state index >= 15 is 0 Å². The monoisotopic (exact) mass is 165 g/mol. The molecule has 2 rings (SSSR count). The standard InChI is InChI=1S/C9H15N3/c1-7(2)9-5-11-6-12(9)8-3-10-4-8/h5-8,10H,3-4H2,1-2H3. The van der Waals surface area contributed by atoms with Crippen LogP contribution >= 0.6 is 0 Å². The molecule has 1 N–H and O–H groups in total. The molecule has 1 aliphatic heterocycles. The van der Waals surface area contributed by atoms with Crippen molar-refractivity contribution in [2.45, 2.75) is 25.8 Å². The van der Waals surface area contributed by atoms with Crippen LogP contribution in [0.15, 0.2) is 12.5 Å². The summed E-state index contributed by atoms with van der Waals surface area (Å²) in [6.45, 7) is 6.60. The molecular weight excluding hydrogens is 150 g/mol. The molecule has 1 aliphatic rings. The fraction of sp³-hybridized carbons (Fsp3) is 0.667. The fourth-order valence-electron chi connectivity index (χ4n) is 1.54. The summed E-state index contributed by atoms with van der Waals surface area (Å²) in [4.78, 5) is 4.18. The van der Waals surface area contributed by atoms with Gasteiger partial charge in [0.15, 0.2) is 0 Å². The Kier molecular flexibility index (Phi) is 1.89. The van der Waals surface area contributed by atoms with Crippen LogP contribution in [0.5, 0.6) is 0 Å². The molecule has 0 aliphatic carbocycles. The summed E-state index contributed by atoms with van der Waals surface area (Å²) in [6, 6.07) is 0.643. The van der Waals surface area contributed by atoms with Gasteiger partial charge in [-0.25, -0.2) is 4.98 Å². The summed E-state index contributed by atoms with van der Waals surface area (Å²) in [5.41, 5.74) is 1.35. The van der Waals surface area contributed by atoms with E-state index in [1.807, 2.05) is 12.5 Å². The van der Waals surface area contributed by atoms with Gasteiger partial charge in [-0.15, -0.1) is 0 Å². The topological polar surface area (TPSA) is 29.9 Å². The summed E-state index contributed by atoms with van der Waals surface area (Å²) in [7, 11) is 0. The van der Waals surface area contributed by atoms with Crippen molar-refractivity contribution in [3.63, 3.8) is 0 Å². The molecule has 3 nitrogen and oxygen atoms in total. The predicted octanol–water partition coefficient (Wildman–Crippen LogP) is 1.15. The zero-order valence-corrected chi connectivity index (χ0v) is 7.62. The molecule has 0 unspecified atom stereocenters. The molecule has 0 spiro atoms. The molecule has 0 atom stereocenters. The Labute approximate surface area is 72.8 Å². The van der Waals surface area contributed by atoms with Crippen molar-refractivity contribution in [2.75, 3.05) is 13.1 Å². The highest BCUT2D eigenvalue weighted by atomic mass is 15.2. The van der Waals surface area contributed by atoms with Gasteiger partial charge in [0.25, 0.3) is 0 Å². The summed E-state index contributed by atoms with van der Waals surface area (Å²) in [5.74, 6) is 0.577. The molecule has 66 valence electrons. The van der Waals surface area contributed by atoms with E-state index in [1.54, 1.807) is 0 Å². The SMILES string of the molecule is CC(C)c1cncn1C1CNC1. The van der Waals surface area contributed by atoms with Crippen molar-refractivity contribution in [2.24, 2.45) is 0 Å². The number of rotatable bonds is 2. The first-order chi connectivity index (χ1) is 5.79. The number of hydrogen-bond donors (Lipinski definition) is 1. The van der Waals surface area contributed by atoms with E-state index in [4.69, 9.17) is 0 Å². The number of hydrogen-bond acceptors (Lipinski definition) is 2. The predicted molar refractivity (Wildman–Crippen MR) is 48.2 cm³/mol. The zero-order chi connectivity index (χ0) is 8.55. The second-order valence-corrected chi connectivity index (χ2v) is 3.69. The van der Waals surface area contributed by atoms with Gasteiger partial charge in [0.05, 0.1) is 12.4 Å². The maximum absolute atomic E-state index is 4.18. The van der Waals surface area contributed by atoms with Gasteiger partial charge in [0.1, 0.15) is 0 Å². The summed E-state index contributed by atoms with van der Waals surface area (Å²) < 4.78 is 2.29. The van der Waals surface area contributed by atoms with Crippen molar-refractivity contribution < 1.29 is 0 Å². The highest BCUT2D eigenvalue weighted by Gasteiger charge is 2.21. The maximum atomic E-state index is 4.18. The second-order valence-electron chi connectivity index (χ2n) is 3.69. The van der Waals surface area contributed by atoms with Crippen LogP contribution in [0, 0.1) is 0 Å². The third-order valence-electron chi connectivity index (χ3n) is 2.44. The second kappa shape index (κ2) is 2.90.